The van der Waals surface area contributed by atoms with Crippen LogP contribution in [-0.2, 0) is 6.42 Å². The topological polar surface area (TPSA) is 62.7 Å². The lowest BCUT2D eigenvalue weighted by molar-refractivity contribution is 0.0954. The standard InChI is InChI=1S/C22H22N4O/c1-15-12-16(2)26(25-15)19-7-5-6-17(13-19)22(27)23-11-10-18-14-24-21-9-4-3-8-20(18)21/h3-9,12-14,24H,10-11H2,1-2H3,(H,23,27). The zero-order valence-corrected chi connectivity index (χ0v) is 15.5. The molecule has 5 heteroatoms. The Morgan fingerprint density at radius 1 is 1.11 bits per heavy atom. The number of aromatic amines is 1. The van der Waals surface area contributed by atoms with E-state index in [-0.39, 0.29) is 5.91 Å². The molecule has 0 fully saturated rings. The van der Waals surface area contributed by atoms with Crippen LogP contribution in [0, 0.1) is 13.8 Å². The smallest absolute Gasteiger partial charge is 0.251 e. The van der Waals surface area contributed by atoms with Crippen molar-refractivity contribution in [3.8, 4) is 5.69 Å². The third kappa shape index (κ3) is 3.49. The summed E-state index contributed by atoms with van der Waals surface area (Å²) in [6.07, 6.45) is 2.80. The molecule has 0 aliphatic heterocycles. The highest BCUT2D eigenvalue weighted by molar-refractivity contribution is 5.94. The van der Waals surface area contributed by atoms with Crippen molar-refractivity contribution in [2.24, 2.45) is 0 Å². The van der Waals surface area contributed by atoms with Gasteiger partial charge >= 0.3 is 0 Å². The van der Waals surface area contributed by atoms with E-state index in [1.165, 1.54) is 10.9 Å². The van der Waals surface area contributed by atoms with Crippen LogP contribution >= 0.6 is 0 Å². The summed E-state index contributed by atoms with van der Waals surface area (Å²) in [4.78, 5) is 15.8. The highest BCUT2D eigenvalue weighted by Gasteiger charge is 2.10. The summed E-state index contributed by atoms with van der Waals surface area (Å²) in [5.74, 6) is -0.0711. The van der Waals surface area contributed by atoms with E-state index in [9.17, 15) is 4.79 Å². The minimum Gasteiger partial charge on any atom is -0.361 e. The van der Waals surface area contributed by atoms with Gasteiger partial charge in [-0.2, -0.15) is 5.10 Å². The average Bonchev–Trinajstić information content (AvgIpc) is 3.24. The first-order valence-electron chi connectivity index (χ1n) is 9.09. The first-order valence-corrected chi connectivity index (χ1v) is 9.09. The molecule has 0 aliphatic carbocycles. The van der Waals surface area contributed by atoms with Crippen LogP contribution in [0.25, 0.3) is 16.6 Å². The highest BCUT2D eigenvalue weighted by Crippen LogP contribution is 2.18. The summed E-state index contributed by atoms with van der Waals surface area (Å²) in [5, 5.41) is 8.71. The predicted molar refractivity (Wildman–Crippen MR) is 107 cm³/mol. The molecule has 0 saturated heterocycles. The maximum Gasteiger partial charge on any atom is 0.251 e. The molecule has 2 heterocycles. The van der Waals surface area contributed by atoms with E-state index in [0.717, 1.165) is 29.0 Å². The van der Waals surface area contributed by atoms with Crippen LogP contribution in [0.4, 0.5) is 0 Å². The Balaban J connectivity index is 1.44. The van der Waals surface area contributed by atoms with Crippen molar-refractivity contribution < 1.29 is 4.79 Å². The molecule has 0 bridgehead atoms. The van der Waals surface area contributed by atoms with Gasteiger partial charge in [0.1, 0.15) is 0 Å². The lowest BCUT2D eigenvalue weighted by Gasteiger charge is -2.08. The Morgan fingerprint density at radius 3 is 2.78 bits per heavy atom. The summed E-state index contributed by atoms with van der Waals surface area (Å²) in [6, 6.07) is 17.8. The van der Waals surface area contributed by atoms with Crippen LogP contribution in [0.5, 0.6) is 0 Å². The van der Waals surface area contributed by atoms with E-state index in [4.69, 9.17) is 0 Å². The second-order valence-electron chi connectivity index (χ2n) is 6.75. The zero-order chi connectivity index (χ0) is 18.8. The fourth-order valence-corrected chi connectivity index (χ4v) is 3.42. The zero-order valence-electron chi connectivity index (χ0n) is 15.5. The van der Waals surface area contributed by atoms with Gasteiger partial charge in [0.05, 0.1) is 11.4 Å². The lowest BCUT2D eigenvalue weighted by atomic mass is 10.1. The largest absolute Gasteiger partial charge is 0.361 e. The van der Waals surface area contributed by atoms with Crippen LogP contribution in [0.1, 0.15) is 27.3 Å². The number of H-pyrrole nitrogens is 1. The minimum atomic E-state index is -0.0711. The highest BCUT2D eigenvalue weighted by atomic mass is 16.1. The minimum absolute atomic E-state index is 0.0711. The second kappa shape index (κ2) is 7.11. The number of nitrogens with one attached hydrogen (secondary N) is 2. The van der Waals surface area contributed by atoms with Crippen LogP contribution in [0.2, 0.25) is 0 Å². The van der Waals surface area contributed by atoms with Crippen molar-refractivity contribution in [3.05, 3.63) is 83.3 Å². The van der Waals surface area contributed by atoms with Crippen molar-refractivity contribution >= 4 is 16.8 Å². The van der Waals surface area contributed by atoms with E-state index >= 15 is 0 Å². The lowest BCUT2D eigenvalue weighted by Crippen LogP contribution is -2.25. The first-order chi connectivity index (χ1) is 13.1. The number of para-hydroxylation sites is 1. The summed E-state index contributed by atoms with van der Waals surface area (Å²) in [7, 11) is 0. The molecule has 136 valence electrons. The van der Waals surface area contributed by atoms with Crippen LogP contribution in [-0.4, -0.2) is 27.2 Å². The predicted octanol–water partition coefficient (Wildman–Crippen LogP) is 3.94. The molecule has 2 N–H and O–H groups in total. The van der Waals surface area contributed by atoms with E-state index in [1.807, 2.05) is 67.2 Å². The summed E-state index contributed by atoms with van der Waals surface area (Å²) in [6.45, 7) is 4.56. The van der Waals surface area contributed by atoms with Crippen LogP contribution in [0.15, 0.2) is 60.8 Å². The van der Waals surface area contributed by atoms with Gasteiger partial charge in [-0.1, -0.05) is 24.3 Å². The molecular weight excluding hydrogens is 336 g/mol. The molecule has 4 rings (SSSR count). The Kier molecular flexibility index (Phi) is 4.50. The van der Waals surface area contributed by atoms with Gasteiger partial charge in [0, 0.05) is 34.9 Å². The van der Waals surface area contributed by atoms with Gasteiger partial charge < -0.3 is 10.3 Å². The molecule has 1 amide bonds. The van der Waals surface area contributed by atoms with Crippen molar-refractivity contribution in [3.63, 3.8) is 0 Å². The van der Waals surface area contributed by atoms with E-state index in [2.05, 4.69) is 27.5 Å². The Bertz CT molecular complexity index is 1110. The third-order valence-electron chi connectivity index (χ3n) is 4.72. The number of rotatable bonds is 5. The fourth-order valence-electron chi connectivity index (χ4n) is 3.42. The second-order valence-corrected chi connectivity index (χ2v) is 6.75. The van der Waals surface area contributed by atoms with Gasteiger partial charge in [-0.15, -0.1) is 0 Å². The molecule has 0 unspecified atom stereocenters. The number of carbonyl (C=O) groups excluding carboxylic acids is 1. The number of benzene rings is 2. The summed E-state index contributed by atoms with van der Waals surface area (Å²) in [5.41, 5.74) is 5.87. The number of aromatic nitrogens is 3. The summed E-state index contributed by atoms with van der Waals surface area (Å²) < 4.78 is 1.86. The fraction of sp³-hybridized carbons (Fsp3) is 0.182. The van der Waals surface area contributed by atoms with Gasteiger partial charge in [-0.3, -0.25) is 4.79 Å². The van der Waals surface area contributed by atoms with Gasteiger partial charge in [0.2, 0.25) is 0 Å². The normalized spacial score (nSPS) is 11.0. The number of hydrogen-bond donors (Lipinski definition) is 2. The SMILES string of the molecule is Cc1cc(C)n(-c2cccc(C(=O)NCCc3c[nH]c4ccccc34)c2)n1. The number of fused-ring (bicyclic) bond motifs is 1. The monoisotopic (exact) mass is 358 g/mol. The van der Waals surface area contributed by atoms with Crippen molar-refractivity contribution in [1.29, 1.82) is 0 Å². The first kappa shape index (κ1) is 17.1. The average molecular weight is 358 g/mol. The Morgan fingerprint density at radius 2 is 1.96 bits per heavy atom. The third-order valence-corrected chi connectivity index (χ3v) is 4.72. The van der Waals surface area contributed by atoms with Crippen molar-refractivity contribution in [2.45, 2.75) is 20.3 Å². The molecule has 0 atom stereocenters. The molecule has 2 aromatic heterocycles. The molecule has 5 nitrogen and oxygen atoms in total. The number of nitrogens with zero attached hydrogens (tertiary/aromatic N) is 2. The van der Waals surface area contributed by atoms with Crippen LogP contribution in [0.3, 0.4) is 0 Å². The summed E-state index contributed by atoms with van der Waals surface area (Å²) >= 11 is 0. The molecule has 27 heavy (non-hydrogen) atoms. The number of hydrogen-bond acceptors (Lipinski definition) is 2. The molecule has 2 aromatic carbocycles. The number of aryl methyl sites for hydroxylation is 2. The van der Waals surface area contributed by atoms with Gasteiger partial charge in [-0.25, -0.2) is 4.68 Å². The van der Waals surface area contributed by atoms with Gasteiger partial charge in [0.15, 0.2) is 0 Å². The quantitative estimate of drug-likeness (QED) is 0.567. The van der Waals surface area contributed by atoms with E-state index in [0.29, 0.717) is 12.1 Å². The van der Waals surface area contributed by atoms with Crippen LogP contribution < -0.4 is 5.32 Å². The molecule has 0 radical (unpaired) electrons. The molecule has 0 saturated carbocycles. The van der Waals surface area contributed by atoms with Gasteiger partial charge in [-0.05, 0) is 56.2 Å². The van der Waals surface area contributed by atoms with E-state index < -0.39 is 0 Å². The molecule has 0 spiro atoms. The molecule has 4 aromatic rings. The Labute approximate surface area is 158 Å². The number of amides is 1. The van der Waals surface area contributed by atoms with E-state index in [1.54, 1.807) is 0 Å². The Hall–Kier alpha value is -3.34. The maximum atomic E-state index is 12.6. The number of carbonyl (C=O) groups is 1. The molecule has 0 aliphatic rings. The van der Waals surface area contributed by atoms with Crippen molar-refractivity contribution in [2.75, 3.05) is 6.54 Å². The molecular formula is C22H22N4O. The maximum absolute atomic E-state index is 12.6. The van der Waals surface area contributed by atoms with Gasteiger partial charge in [0.25, 0.3) is 5.91 Å². The van der Waals surface area contributed by atoms with Crippen molar-refractivity contribution in [1.82, 2.24) is 20.1 Å².